The van der Waals surface area contributed by atoms with Crippen LogP contribution in [0.4, 0.5) is 0 Å². The molecule has 84 valence electrons. The number of aliphatic hydroxyl groups is 1. The van der Waals surface area contributed by atoms with E-state index in [9.17, 15) is 5.11 Å². The van der Waals surface area contributed by atoms with Gasteiger partial charge in [0.2, 0.25) is 0 Å². The van der Waals surface area contributed by atoms with Gasteiger partial charge in [-0.3, -0.25) is 0 Å². The van der Waals surface area contributed by atoms with E-state index in [0.717, 1.165) is 19.3 Å². The Morgan fingerprint density at radius 3 is 3.06 bits per heavy atom. The standard InChI is InChI=1S/C12H15N3O/c13-15-14-12(8-16)11-7-3-5-9-4-1-2-6-10(9)11/h1-2,4,6,11-12,16H,3,5,7-8H2. The SMILES string of the molecule is [N-]=[N+]=NC(CO)C1CCCc2ccccc21. The molecule has 4 heteroatoms. The van der Waals surface area contributed by atoms with Crippen LogP contribution in [-0.4, -0.2) is 17.8 Å². The molecule has 0 radical (unpaired) electrons. The molecule has 1 aliphatic rings. The quantitative estimate of drug-likeness (QED) is 0.472. The summed E-state index contributed by atoms with van der Waals surface area (Å²) in [5.41, 5.74) is 11.1. The number of hydrogen-bond acceptors (Lipinski definition) is 2. The molecule has 0 saturated heterocycles. The topological polar surface area (TPSA) is 69.0 Å². The molecule has 1 N–H and O–H groups in total. The number of rotatable bonds is 3. The molecule has 16 heavy (non-hydrogen) atoms. The molecule has 0 spiro atoms. The minimum absolute atomic E-state index is 0.0803. The first-order valence-corrected chi connectivity index (χ1v) is 5.59. The summed E-state index contributed by atoms with van der Waals surface area (Å²) in [7, 11) is 0. The van der Waals surface area contributed by atoms with Gasteiger partial charge in [-0.15, -0.1) is 0 Å². The fraction of sp³-hybridized carbons (Fsp3) is 0.500. The van der Waals surface area contributed by atoms with Crippen molar-refractivity contribution in [2.45, 2.75) is 31.2 Å². The second kappa shape index (κ2) is 5.01. The largest absolute Gasteiger partial charge is 0.396 e. The van der Waals surface area contributed by atoms with Crippen LogP contribution in [-0.2, 0) is 6.42 Å². The van der Waals surface area contributed by atoms with Gasteiger partial charge in [-0.2, -0.15) is 0 Å². The van der Waals surface area contributed by atoms with Crippen LogP contribution >= 0.6 is 0 Å². The highest BCUT2D eigenvalue weighted by Gasteiger charge is 2.26. The second-order valence-electron chi connectivity index (χ2n) is 4.15. The van der Waals surface area contributed by atoms with Crippen LogP contribution in [0, 0.1) is 0 Å². The second-order valence-corrected chi connectivity index (χ2v) is 4.15. The summed E-state index contributed by atoms with van der Waals surface area (Å²) in [6.45, 7) is -0.0803. The summed E-state index contributed by atoms with van der Waals surface area (Å²) in [4.78, 5) is 2.82. The van der Waals surface area contributed by atoms with Crippen molar-refractivity contribution in [3.05, 3.63) is 45.8 Å². The zero-order valence-electron chi connectivity index (χ0n) is 9.08. The maximum Gasteiger partial charge on any atom is 0.0673 e. The van der Waals surface area contributed by atoms with Crippen molar-refractivity contribution in [1.29, 1.82) is 0 Å². The Bertz CT molecular complexity index is 412. The van der Waals surface area contributed by atoms with E-state index in [1.165, 1.54) is 11.1 Å². The Morgan fingerprint density at radius 1 is 1.50 bits per heavy atom. The molecule has 0 heterocycles. The zero-order chi connectivity index (χ0) is 11.4. The Hall–Kier alpha value is -1.51. The third-order valence-corrected chi connectivity index (χ3v) is 3.27. The fourth-order valence-electron chi connectivity index (χ4n) is 2.50. The average Bonchev–Trinajstić information content (AvgIpc) is 2.35. The lowest BCUT2D eigenvalue weighted by Crippen LogP contribution is -2.24. The highest BCUT2D eigenvalue weighted by molar-refractivity contribution is 5.33. The minimum atomic E-state index is -0.327. The number of aryl methyl sites for hydroxylation is 1. The van der Waals surface area contributed by atoms with E-state index in [4.69, 9.17) is 5.53 Å². The first-order chi connectivity index (χ1) is 7.86. The van der Waals surface area contributed by atoms with Gasteiger partial charge in [0, 0.05) is 4.91 Å². The maximum absolute atomic E-state index is 9.27. The van der Waals surface area contributed by atoms with Crippen LogP contribution in [0.3, 0.4) is 0 Å². The Balaban J connectivity index is 2.33. The molecule has 0 aromatic heterocycles. The van der Waals surface area contributed by atoms with Crippen molar-refractivity contribution in [3.8, 4) is 0 Å². The van der Waals surface area contributed by atoms with Gasteiger partial charge in [0.15, 0.2) is 0 Å². The summed E-state index contributed by atoms with van der Waals surface area (Å²) in [5.74, 6) is 0.172. The molecule has 0 amide bonds. The Kier molecular flexibility index (Phi) is 3.44. The molecule has 0 saturated carbocycles. The fourth-order valence-corrected chi connectivity index (χ4v) is 2.50. The smallest absolute Gasteiger partial charge is 0.0673 e. The molecule has 2 atom stereocenters. The van der Waals surface area contributed by atoms with Crippen molar-refractivity contribution in [3.63, 3.8) is 0 Å². The Labute approximate surface area is 94.5 Å². The number of aliphatic hydroxyl groups excluding tert-OH is 1. The van der Waals surface area contributed by atoms with Gasteiger partial charge in [-0.1, -0.05) is 29.4 Å². The molecule has 0 fully saturated rings. The number of benzene rings is 1. The van der Waals surface area contributed by atoms with E-state index in [2.05, 4.69) is 22.2 Å². The van der Waals surface area contributed by atoms with Gasteiger partial charge in [0.25, 0.3) is 0 Å². The molecule has 0 aliphatic heterocycles. The van der Waals surface area contributed by atoms with Crippen LogP contribution in [0.5, 0.6) is 0 Å². The van der Waals surface area contributed by atoms with Crippen LogP contribution in [0.25, 0.3) is 10.4 Å². The van der Waals surface area contributed by atoms with Crippen LogP contribution in [0.2, 0.25) is 0 Å². The van der Waals surface area contributed by atoms with Crippen molar-refractivity contribution in [2.75, 3.05) is 6.61 Å². The number of azide groups is 1. The first-order valence-electron chi connectivity index (χ1n) is 5.59. The average molecular weight is 217 g/mol. The van der Waals surface area contributed by atoms with E-state index in [1.807, 2.05) is 12.1 Å². The molecular formula is C12H15N3O. The van der Waals surface area contributed by atoms with Crippen molar-refractivity contribution >= 4 is 0 Å². The predicted molar refractivity (Wildman–Crippen MR) is 62.1 cm³/mol. The van der Waals surface area contributed by atoms with Crippen molar-refractivity contribution < 1.29 is 5.11 Å². The van der Waals surface area contributed by atoms with E-state index < -0.39 is 0 Å². The molecule has 0 bridgehead atoms. The van der Waals surface area contributed by atoms with E-state index in [1.54, 1.807) is 0 Å². The van der Waals surface area contributed by atoms with Gasteiger partial charge in [-0.05, 0) is 41.8 Å². The summed E-state index contributed by atoms with van der Waals surface area (Å²) < 4.78 is 0. The molecule has 1 aromatic carbocycles. The lowest BCUT2D eigenvalue weighted by molar-refractivity contribution is 0.241. The normalized spacial score (nSPS) is 20.7. The lowest BCUT2D eigenvalue weighted by Gasteiger charge is -2.28. The monoisotopic (exact) mass is 217 g/mol. The zero-order valence-corrected chi connectivity index (χ0v) is 9.08. The molecular weight excluding hydrogens is 202 g/mol. The van der Waals surface area contributed by atoms with E-state index >= 15 is 0 Å². The number of nitrogens with zero attached hydrogens (tertiary/aromatic N) is 3. The molecule has 4 nitrogen and oxygen atoms in total. The highest BCUT2D eigenvalue weighted by Crippen LogP contribution is 2.34. The summed E-state index contributed by atoms with van der Waals surface area (Å²) >= 11 is 0. The molecule has 1 aromatic rings. The molecule has 2 unspecified atom stereocenters. The van der Waals surface area contributed by atoms with Crippen LogP contribution in [0.15, 0.2) is 29.4 Å². The van der Waals surface area contributed by atoms with Crippen LogP contribution in [0.1, 0.15) is 29.9 Å². The van der Waals surface area contributed by atoms with E-state index in [-0.39, 0.29) is 18.6 Å². The predicted octanol–water partition coefficient (Wildman–Crippen LogP) is 2.78. The molecule has 1 aliphatic carbocycles. The third-order valence-electron chi connectivity index (χ3n) is 3.27. The summed E-state index contributed by atoms with van der Waals surface area (Å²) in [6.07, 6.45) is 3.17. The van der Waals surface area contributed by atoms with Gasteiger partial charge in [0.1, 0.15) is 0 Å². The van der Waals surface area contributed by atoms with Gasteiger partial charge < -0.3 is 5.11 Å². The summed E-state index contributed by atoms with van der Waals surface area (Å²) in [6, 6.07) is 7.90. The van der Waals surface area contributed by atoms with Gasteiger partial charge in [-0.25, -0.2) is 0 Å². The third kappa shape index (κ3) is 2.03. The minimum Gasteiger partial charge on any atom is -0.396 e. The van der Waals surface area contributed by atoms with Gasteiger partial charge >= 0.3 is 0 Å². The lowest BCUT2D eigenvalue weighted by atomic mass is 9.79. The number of hydrogen-bond donors (Lipinski definition) is 1. The first kappa shape index (κ1) is 11.0. The molecule has 2 rings (SSSR count). The highest BCUT2D eigenvalue weighted by atomic mass is 16.3. The van der Waals surface area contributed by atoms with E-state index in [0.29, 0.717) is 0 Å². The summed E-state index contributed by atoms with van der Waals surface area (Å²) in [5, 5.41) is 13.0. The van der Waals surface area contributed by atoms with Crippen molar-refractivity contribution in [2.24, 2.45) is 5.11 Å². The number of fused-ring (bicyclic) bond motifs is 1. The Morgan fingerprint density at radius 2 is 2.31 bits per heavy atom. The van der Waals surface area contributed by atoms with Gasteiger partial charge in [0.05, 0.1) is 12.6 Å². The van der Waals surface area contributed by atoms with Crippen molar-refractivity contribution in [1.82, 2.24) is 0 Å². The van der Waals surface area contributed by atoms with Crippen LogP contribution < -0.4 is 0 Å². The maximum atomic E-state index is 9.27.